The number of carbonyl (C=O) groups is 1. The molecule has 3 aliphatic rings. The molecule has 1 aliphatic carbocycles. The van der Waals surface area contributed by atoms with Crippen LogP contribution in [0.5, 0.6) is 5.75 Å². The summed E-state index contributed by atoms with van der Waals surface area (Å²) < 4.78 is 21.2. The lowest BCUT2D eigenvalue weighted by Gasteiger charge is -2.25. The Morgan fingerprint density at radius 1 is 1.10 bits per heavy atom. The number of ether oxygens (including phenoxy) is 1. The molecule has 4 aromatic rings. The Morgan fingerprint density at radius 2 is 1.98 bits per heavy atom. The molecule has 0 saturated heterocycles. The Balaban J connectivity index is 1.26. The highest BCUT2D eigenvalue weighted by Gasteiger charge is 2.33. The second-order valence-corrected chi connectivity index (χ2v) is 11.2. The fourth-order valence-electron chi connectivity index (χ4n) is 6.27. The third-order valence-electron chi connectivity index (χ3n) is 8.63. The number of pyridine rings is 1. The maximum absolute atomic E-state index is 15.4. The predicted octanol–water partition coefficient (Wildman–Crippen LogP) is 4.86. The minimum absolute atomic E-state index is 0.0638. The maximum atomic E-state index is 15.4. The molecule has 1 saturated carbocycles. The van der Waals surface area contributed by atoms with Crippen LogP contribution in [0, 0.1) is 5.82 Å². The number of aliphatic hydroxyl groups excluding tert-OH is 2. The molecule has 9 heteroatoms. The van der Waals surface area contributed by atoms with Gasteiger partial charge in [-0.3, -0.25) is 9.69 Å². The summed E-state index contributed by atoms with van der Waals surface area (Å²) in [5.41, 5.74) is 6.51. The van der Waals surface area contributed by atoms with E-state index in [1.54, 1.807) is 12.3 Å². The van der Waals surface area contributed by atoms with Gasteiger partial charge in [0, 0.05) is 42.5 Å². The molecule has 2 aromatic carbocycles. The van der Waals surface area contributed by atoms with E-state index in [2.05, 4.69) is 27.0 Å². The van der Waals surface area contributed by atoms with Crippen molar-refractivity contribution in [3.05, 3.63) is 82.9 Å². The number of carbonyl (C=O) groups excluding carboxylic acids is 1. The van der Waals surface area contributed by atoms with Gasteiger partial charge in [-0.1, -0.05) is 18.2 Å². The summed E-state index contributed by atoms with van der Waals surface area (Å²) in [5.74, 6) is -0.419. The summed E-state index contributed by atoms with van der Waals surface area (Å²) in [7, 11) is 0. The molecule has 3 N–H and O–H groups in total. The van der Waals surface area contributed by atoms with Gasteiger partial charge in [0.1, 0.15) is 29.4 Å². The number of benzene rings is 2. The van der Waals surface area contributed by atoms with Gasteiger partial charge >= 0.3 is 0 Å². The van der Waals surface area contributed by atoms with Crippen molar-refractivity contribution in [2.45, 2.75) is 31.8 Å². The van der Waals surface area contributed by atoms with Crippen molar-refractivity contribution >= 4 is 28.2 Å². The van der Waals surface area contributed by atoms with Crippen LogP contribution < -0.4 is 9.64 Å². The third kappa shape index (κ3) is 4.77. The average molecular weight is 569 g/mol. The number of β-amino-alcohol motifs (C(OH)–C–C–N with tert-alkyl or cyclic N) is 1. The predicted molar refractivity (Wildman–Crippen MR) is 159 cm³/mol. The van der Waals surface area contributed by atoms with Crippen molar-refractivity contribution in [2.24, 2.45) is 0 Å². The summed E-state index contributed by atoms with van der Waals surface area (Å²) >= 11 is 0. The van der Waals surface area contributed by atoms with E-state index in [0.717, 1.165) is 65.8 Å². The number of fused-ring (bicyclic) bond motifs is 2. The fraction of sp³-hybridized carbons (Fsp3) is 0.333. The Bertz CT molecular complexity index is 1710. The molecule has 7 rings (SSSR count). The highest BCUT2D eigenvalue weighted by molar-refractivity contribution is 6.09. The number of nitrogens with one attached hydrogen (secondary N) is 1. The van der Waals surface area contributed by atoms with Gasteiger partial charge in [0.05, 0.1) is 25.4 Å². The number of rotatable bonds is 7. The molecular weight excluding hydrogens is 535 g/mol. The van der Waals surface area contributed by atoms with E-state index in [1.165, 1.54) is 16.5 Å². The quantitative estimate of drug-likeness (QED) is 0.294. The molecule has 0 atom stereocenters. The van der Waals surface area contributed by atoms with Crippen LogP contribution >= 0.6 is 0 Å². The number of aromatic nitrogens is 2. The van der Waals surface area contributed by atoms with E-state index in [4.69, 9.17) is 4.74 Å². The first-order chi connectivity index (χ1) is 20.6. The highest BCUT2D eigenvalue weighted by atomic mass is 19.1. The second-order valence-electron chi connectivity index (χ2n) is 11.2. The summed E-state index contributed by atoms with van der Waals surface area (Å²) in [4.78, 5) is 25.6. The summed E-state index contributed by atoms with van der Waals surface area (Å²) in [6.45, 7) is 2.59. The van der Waals surface area contributed by atoms with Crippen molar-refractivity contribution in [1.29, 1.82) is 0 Å². The molecule has 0 bridgehead atoms. The second kappa shape index (κ2) is 11.0. The van der Waals surface area contributed by atoms with Crippen LogP contribution in [0.15, 0.2) is 54.7 Å². The van der Waals surface area contributed by atoms with Gasteiger partial charge in [0.2, 0.25) is 0 Å². The molecule has 2 aliphatic heterocycles. The van der Waals surface area contributed by atoms with E-state index < -0.39 is 11.7 Å². The van der Waals surface area contributed by atoms with Crippen molar-refractivity contribution in [1.82, 2.24) is 14.9 Å². The smallest absolute Gasteiger partial charge is 0.265 e. The van der Waals surface area contributed by atoms with E-state index >= 15 is 4.39 Å². The lowest BCUT2D eigenvalue weighted by atomic mass is 9.95. The molecule has 1 fully saturated rings. The number of aromatic amines is 1. The lowest BCUT2D eigenvalue weighted by molar-refractivity contribution is 0.0985. The number of halogens is 1. The zero-order valence-electron chi connectivity index (χ0n) is 23.3. The summed E-state index contributed by atoms with van der Waals surface area (Å²) in [6, 6.07) is 12.9. The minimum atomic E-state index is -0.569. The number of anilines is 1. The van der Waals surface area contributed by atoms with Crippen LogP contribution in [0.2, 0.25) is 0 Å². The minimum Gasteiger partial charge on any atom is -0.491 e. The van der Waals surface area contributed by atoms with E-state index in [-0.39, 0.29) is 31.9 Å². The molecule has 0 spiro atoms. The van der Waals surface area contributed by atoms with Crippen LogP contribution in [0.4, 0.5) is 10.1 Å². The van der Waals surface area contributed by atoms with Gasteiger partial charge in [0.25, 0.3) is 5.91 Å². The van der Waals surface area contributed by atoms with Gasteiger partial charge in [-0.2, -0.15) is 0 Å². The van der Waals surface area contributed by atoms with Crippen LogP contribution in [0.25, 0.3) is 27.7 Å². The van der Waals surface area contributed by atoms with Gasteiger partial charge in [-0.25, -0.2) is 9.37 Å². The van der Waals surface area contributed by atoms with Crippen LogP contribution in [0.1, 0.15) is 52.4 Å². The van der Waals surface area contributed by atoms with Gasteiger partial charge in [0.15, 0.2) is 0 Å². The van der Waals surface area contributed by atoms with Crippen LogP contribution in [0.3, 0.4) is 0 Å². The van der Waals surface area contributed by atoms with Gasteiger partial charge < -0.3 is 24.8 Å². The first-order valence-electron chi connectivity index (χ1n) is 14.6. The Kier molecular flexibility index (Phi) is 7.01. The van der Waals surface area contributed by atoms with E-state index in [1.807, 2.05) is 24.3 Å². The van der Waals surface area contributed by atoms with Crippen molar-refractivity contribution in [2.75, 3.05) is 44.3 Å². The Hall–Kier alpha value is -4.05. The molecule has 4 heterocycles. The van der Waals surface area contributed by atoms with Crippen molar-refractivity contribution < 1.29 is 24.1 Å². The molecule has 8 nitrogen and oxygen atoms in total. The number of hydrogen-bond donors (Lipinski definition) is 3. The summed E-state index contributed by atoms with van der Waals surface area (Å²) in [5, 5.41) is 20.8. The Morgan fingerprint density at radius 3 is 2.74 bits per heavy atom. The topological polar surface area (TPSA) is 102 Å². The first-order valence-corrected chi connectivity index (χ1v) is 14.6. The lowest BCUT2D eigenvalue weighted by Crippen LogP contribution is -2.33. The van der Waals surface area contributed by atoms with Gasteiger partial charge in [-0.05, 0) is 77.8 Å². The summed E-state index contributed by atoms with van der Waals surface area (Å²) in [6.07, 6.45) is 6.82. The molecule has 2 aromatic heterocycles. The first kappa shape index (κ1) is 26.8. The van der Waals surface area contributed by atoms with E-state index in [0.29, 0.717) is 29.5 Å². The zero-order chi connectivity index (χ0) is 28.8. The number of H-pyrrole nitrogens is 1. The monoisotopic (exact) mass is 568 g/mol. The molecule has 1 amide bonds. The largest absolute Gasteiger partial charge is 0.491 e. The van der Waals surface area contributed by atoms with Crippen molar-refractivity contribution in [3.63, 3.8) is 0 Å². The third-order valence-corrected chi connectivity index (χ3v) is 8.63. The van der Waals surface area contributed by atoms with Crippen molar-refractivity contribution in [3.8, 4) is 16.9 Å². The van der Waals surface area contributed by atoms with Crippen LogP contribution in [-0.4, -0.2) is 70.4 Å². The fourth-order valence-corrected chi connectivity index (χ4v) is 6.27. The number of aliphatic hydroxyl groups is 2. The molecular formula is C33H33FN4O4. The maximum Gasteiger partial charge on any atom is 0.265 e. The SMILES string of the molecule is O=C1c2c(F)cc(C3CC3)cc2OCCN1c1cccc(-c2ccnc3[nH]c(C4=CCN(CCO)CC4)cc23)c1CO. The standard InChI is InChI=1S/C33H33FN4O4/c34-27-16-22(20-4-5-20)17-30-31(27)33(41)38(13-15-42-30)29-3-1-2-23(26(29)19-40)24-6-9-35-32-25(24)18-28(36-32)21-7-10-37(11-8-21)12-14-39/h1-3,6-7,9,16-18,20,39-40H,4-5,8,10-15,19H2,(H,35,36). The van der Waals surface area contributed by atoms with Gasteiger partial charge in [-0.15, -0.1) is 0 Å². The normalized spacial score (nSPS) is 17.6. The molecule has 42 heavy (non-hydrogen) atoms. The molecule has 0 radical (unpaired) electrons. The number of nitrogens with zero attached hydrogens (tertiary/aromatic N) is 3. The number of hydrogen-bond acceptors (Lipinski definition) is 6. The number of amides is 1. The highest BCUT2D eigenvalue weighted by Crippen LogP contribution is 2.43. The van der Waals surface area contributed by atoms with E-state index in [9.17, 15) is 15.0 Å². The zero-order valence-corrected chi connectivity index (χ0v) is 23.3. The molecule has 0 unspecified atom stereocenters. The Labute approximate surface area is 243 Å². The van der Waals surface area contributed by atoms with Crippen LogP contribution in [-0.2, 0) is 6.61 Å². The molecule has 216 valence electrons. The average Bonchev–Trinajstić information content (AvgIpc) is 3.79.